The number of cyclic esters (lactones) is 1. The summed E-state index contributed by atoms with van der Waals surface area (Å²) in [6, 6.07) is 10.0. The van der Waals surface area contributed by atoms with E-state index in [9.17, 15) is 4.79 Å². The molecule has 0 atom stereocenters. The van der Waals surface area contributed by atoms with Crippen molar-refractivity contribution in [3.05, 3.63) is 58.3 Å². The Hall–Kier alpha value is -2.91. The molecule has 6 nitrogen and oxygen atoms in total. The fraction of sp³-hybridized carbons (Fsp3) is 0.500. The Kier molecular flexibility index (Phi) is 5.60. The Morgan fingerprint density at radius 3 is 2.53 bits per heavy atom. The molecular formula is C26H30N4O2. The fourth-order valence-corrected chi connectivity index (χ4v) is 5.55. The van der Waals surface area contributed by atoms with Crippen LogP contribution in [0, 0.1) is 23.7 Å². The first kappa shape index (κ1) is 21.0. The summed E-state index contributed by atoms with van der Waals surface area (Å²) in [5.41, 5.74) is 5.48. The van der Waals surface area contributed by atoms with Crippen molar-refractivity contribution in [2.75, 3.05) is 37.6 Å². The van der Waals surface area contributed by atoms with Gasteiger partial charge in [-0.2, -0.15) is 5.26 Å². The Labute approximate surface area is 189 Å². The van der Waals surface area contributed by atoms with E-state index in [2.05, 4.69) is 33.8 Å². The van der Waals surface area contributed by atoms with Gasteiger partial charge in [-0.25, -0.2) is 9.78 Å². The minimum atomic E-state index is -0.183. The predicted octanol–water partition coefficient (Wildman–Crippen LogP) is 3.86. The average Bonchev–Trinajstić information content (AvgIpc) is 3.22. The minimum absolute atomic E-state index is 0.183. The number of carbonyl (C=O) groups excluding carboxylic acids is 1. The van der Waals surface area contributed by atoms with Crippen LogP contribution in [0.3, 0.4) is 0 Å². The molecule has 0 saturated carbocycles. The van der Waals surface area contributed by atoms with Gasteiger partial charge in [0.05, 0.1) is 11.1 Å². The number of benzene rings is 1. The highest BCUT2D eigenvalue weighted by atomic mass is 16.5. The third-order valence-corrected chi connectivity index (χ3v) is 7.92. The van der Waals surface area contributed by atoms with Crippen molar-refractivity contribution in [2.24, 2.45) is 5.41 Å². The zero-order valence-corrected chi connectivity index (χ0v) is 18.8. The zero-order valence-electron chi connectivity index (χ0n) is 18.8. The van der Waals surface area contributed by atoms with Gasteiger partial charge in [-0.1, -0.05) is 6.07 Å². The molecule has 1 aromatic heterocycles. The molecule has 0 amide bonds. The molecule has 32 heavy (non-hydrogen) atoms. The number of fused-ring (bicyclic) bond motifs is 1. The highest BCUT2D eigenvalue weighted by Gasteiger charge is 2.37. The smallest absolute Gasteiger partial charge is 0.338 e. The first-order chi connectivity index (χ1) is 15.6. The van der Waals surface area contributed by atoms with E-state index in [1.165, 1.54) is 49.9 Å². The number of piperidine rings is 2. The summed E-state index contributed by atoms with van der Waals surface area (Å²) in [5, 5.41) is 8.96. The maximum atomic E-state index is 11.8. The number of esters is 1. The number of aromatic nitrogens is 1. The van der Waals surface area contributed by atoms with E-state index in [1.54, 1.807) is 6.20 Å². The number of nitriles is 1. The number of carbonyl (C=O) groups is 1. The van der Waals surface area contributed by atoms with Crippen LogP contribution in [0.15, 0.2) is 30.5 Å². The largest absolute Gasteiger partial charge is 0.457 e. The first-order valence-electron chi connectivity index (χ1n) is 11.7. The molecule has 3 aliphatic rings. The number of hydrogen-bond acceptors (Lipinski definition) is 6. The number of likely N-dealkylation sites (tertiary alicyclic amines) is 1. The van der Waals surface area contributed by atoms with Crippen molar-refractivity contribution in [1.29, 1.82) is 5.26 Å². The SMILES string of the molecule is Cc1c(CCN2CCC3(CC2)CCN(c2ccc(C#N)cn2)CC3)ccc2c1COC2=O. The molecule has 2 aromatic rings. The summed E-state index contributed by atoms with van der Waals surface area (Å²) in [6.45, 7) is 8.06. The first-order valence-corrected chi connectivity index (χ1v) is 11.7. The van der Waals surface area contributed by atoms with E-state index in [4.69, 9.17) is 10.00 Å². The van der Waals surface area contributed by atoms with E-state index < -0.39 is 0 Å². The monoisotopic (exact) mass is 430 g/mol. The quantitative estimate of drug-likeness (QED) is 0.686. The molecule has 0 N–H and O–H groups in total. The van der Waals surface area contributed by atoms with Gasteiger partial charge >= 0.3 is 5.97 Å². The molecule has 6 heteroatoms. The molecule has 5 rings (SSSR count). The lowest BCUT2D eigenvalue weighted by Crippen LogP contribution is -2.47. The summed E-state index contributed by atoms with van der Waals surface area (Å²) < 4.78 is 5.19. The van der Waals surface area contributed by atoms with Crippen molar-refractivity contribution < 1.29 is 9.53 Å². The maximum absolute atomic E-state index is 11.8. The molecule has 3 aliphatic heterocycles. The van der Waals surface area contributed by atoms with Crippen LogP contribution >= 0.6 is 0 Å². The van der Waals surface area contributed by atoms with Gasteiger partial charge in [-0.15, -0.1) is 0 Å². The van der Waals surface area contributed by atoms with Crippen LogP contribution in [-0.2, 0) is 17.8 Å². The second kappa shape index (κ2) is 8.55. The van der Waals surface area contributed by atoms with Gasteiger partial charge in [0.1, 0.15) is 18.5 Å². The van der Waals surface area contributed by atoms with Crippen molar-refractivity contribution in [3.63, 3.8) is 0 Å². The lowest BCUT2D eigenvalue weighted by atomic mass is 9.71. The van der Waals surface area contributed by atoms with Gasteiger partial charge in [-0.05, 0) is 86.9 Å². The summed E-state index contributed by atoms with van der Waals surface area (Å²) in [4.78, 5) is 21.2. The Bertz CT molecular complexity index is 1040. The van der Waals surface area contributed by atoms with Crippen LogP contribution in [0.4, 0.5) is 5.82 Å². The summed E-state index contributed by atoms with van der Waals surface area (Å²) >= 11 is 0. The second-order valence-electron chi connectivity index (χ2n) is 9.55. The third kappa shape index (κ3) is 3.98. The van der Waals surface area contributed by atoms with Crippen LogP contribution in [0.25, 0.3) is 0 Å². The fourth-order valence-electron chi connectivity index (χ4n) is 5.55. The van der Waals surface area contributed by atoms with E-state index in [0.29, 0.717) is 17.6 Å². The maximum Gasteiger partial charge on any atom is 0.338 e. The van der Waals surface area contributed by atoms with Gasteiger partial charge in [-0.3, -0.25) is 0 Å². The van der Waals surface area contributed by atoms with E-state index in [0.717, 1.165) is 43.0 Å². The van der Waals surface area contributed by atoms with Crippen molar-refractivity contribution >= 4 is 11.8 Å². The molecule has 0 aliphatic carbocycles. The highest BCUT2D eigenvalue weighted by Crippen LogP contribution is 2.42. The standard InChI is InChI=1S/C26H30N4O2/c1-19-21(3-4-22-23(19)18-32-25(22)31)6-11-29-12-7-26(8-13-29)9-14-30(15-10-26)24-5-2-20(16-27)17-28-24/h2-5,17H,6-15,18H2,1H3. The Morgan fingerprint density at radius 2 is 1.84 bits per heavy atom. The van der Waals surface area contributed by atoms with Gasteiger partial charge < -0.3 is 14.5 Å². The summed E-state index contributed by atoms with van der Waals surface area (Å²) in [5.74, 6) is 0.810. The van der Waals surface area contributed by atoms with Crippen LogP contribution in [0.5, 0.6) is 0 Å². The van der Waals surface area contributed by atoms with Crippen molar-refractivity contribution in [3.8, 4) is 6.07 Å². The molecule has 0 radical (unpaired) electrons. The average molecular weight is 431 g/mol. The third-order valence-electron chi connectivity index (χ3n) is 7.92. The number of ether oxygens (including phenoxy) is 1. The molecular weight excluding hydrogens is 400 g/mol. The van der Waals surface area contributed by atoms with Gasteiger partial charge in [0.15, 0.2) is 0 Å². The molecule has 1 aromatic carbocycles. The molecule has 0 bridgehead atoms. The lowest BCUT2D eigenvalue weighted by Gasteiger charge is -2.47. The van der Waals surface area contributed by atoms with E-state index in [1.807, 2.05) is 18.2 Å². The van der Waals surface area contributed by atoms with Gasteiger partial charge in [0, 0.05) is 31.4 Å². The number of hydrogen-bond donors (Lipinski definition) is 0. The number of nitrogens with zero attached hydrogens (tertiary/aromatic N) is 4. The normalized spacial score (nSPS) is 20.1. The van der Waals surface area contributed by atoms with Crippen LogP contribution in [0.1, 0.15) is 58.3 Å². The molecule has 1 spiro atoms. The lowest BCUT2D eigenvalue weighted by molar-refractivity contribution is 0.0535. The number of anilines is 1. The summed E-state index contributed by atoms with van der Waals surface area (Å²) in [7, 11) is 0. The van der Waals surface area contributed by atoms with Crippen LogP contribution < -0.4 is 4.90 Å². The van der Waals surface area contributed by atoms with Gasteiger partial charge in [0.2, 0.25) is 0 Å². The highest BCUT2D eigenvalue weighted by molar-refractivity contribution is 5.93. The molecule has 2 fully saturated rings. The molecule has 2 saturated heterocycles. The molecule has 4 heterocycles. The van der Waals surface area contributed by atoms with Crippen LogP contribution in [-0.4, -0.2) is 48.6 Å². The Balaban J connectivity index is 1.12. The second-order valence-corrected chi connectivity index (χ2v) is 9.55. The van der Waals surface area contributed by atoms with Crippen LogP contribution in [0.2, 0.25) is 0 Å². The minimum Gasteiger partial charge on any atom is -0.457 e. The van der Waals surface area contributed by atoms with E-state index in [-0.39, 0.29) is 5.97 Å². The number of pyridine rings is 1. The predicted molar refractivity (Wildman–Crippen MR) is 123 cm³/mol. The topological polar surface area (TPSA) is 69.5 Å². The van der Waals surface area contributed by atoms with Crippen molar-refractivity contribution in [1.82, 2.24) is 9.88 Å². The summed E-state index contributed by atoms with van der Waals surface area (Å²) in [6.07, 6.45) is 7.69. The van der Waals surface area contributed by atoms with Gasteiger partial charge in [0.25, 0.3) is 0 Å². The molecule has 166 valence electrons. The van der Waals surface area contributed by atoms with E-state index >= 15 is 0 Å². The van der Waals surface area contributed by atoms with Crippen molar-refractivity contribution in [2.45, 2.75) is 45.6 Å². The number of rotatable bonds is 4. The molecule has 0 unspecified atom stereocenters. The Morgan fingerprint density at radius 1 is 1.09 bits per heavy atom. The zero-order chi connectivity index (χ0) is 22.1.